The number of nitrogens with one attached hydrogen (secondary N) is 1. The van der Waals surface area contributed by atoms with Gasteiger partial charge in [0.05, 0.1) is 38.7 Å². The molecule has 2 aromatic carbocycles. The fraction of sp³-hybridized carbons (Fsp3) is 0.263. The minimum Gasteiger partial charge on any atom is -0.496 e. The van der Waals surface area contributed by atoms with E-state index in [4.69, 9.17) is 19.5 Å². The first-order valence-corrected chi connectivity index (χ1v) is 8.79. The van der Waals surface area contributed by atoms with Crippen LogP contribution in [0.3, 0.4) is 0 Å². The summed E-state index contributed by atoms with van der Waals surface area (Å²) >= 11 is 1.33. The van der Waals surface area contributed by atoms with E-state index in [-0.39, 0.29) is 18.2 Å². The van der Waals surface area contributed by atoms with Crippen molar-refractivity contribution in [3.05, 3.63) is 47.5 Å². The molecular weight excluding hydrogens is 352 g/mol. The van der Waals surface area contributed by atoms with Crippen LogP contribution in [0.4, 0.5) is 0 Å². The van der Waals surface area contributed by atoms with E-state index in [0.717, 1.165) is 10.5 Å². The SMILES string of the molecule is COc1cc(OC)c(OC)cc1CNC(=O)c1ccccc1SCC#N. The summed E-state index contributed by atoms with van der Waals surface area (Å²) in [5.74, 6) is 1.77. The maximum atomic E-state index is 12.6. The molecule has 0 aliphatic heterocycles. The van der Waals surface area contributed by atoms with Gasteiger partial charge in [-0.3, -0.25) is 4.79 Å². The molecule has 2 rings (SSSR count). The van der Waals surface area contributed by atoms with Crippen molar-refractivity contribution in [1.82, 2.24) is 5.32 Å². The first-order chi connectivity index (χ1) is 12.6. The minimum atomic E-state index is -0.220. The molecule has 136 valence electrons. The highest BCUT2D eigenvalue weighted by molar-refractivity contribution is 7.99. The largest absolute Gasteiger partial charge is 0.496 e. The van der Waals surface area contributed by atoms with Gasteiger partial charge in [-0.2, -0.15) is 5.26 Å². The Morgan fingerprint density at radius 2 is 1.73 bits per heavy atom. The Hall–Kier alpha value is -2.85. The number of benzene rings is 2. The van der Waals surface area contributed by atoms with Crippen molar-refractivity contribution in [3.8, 4) is 23.3 Å². The highest BCUT2D eigenvalue weighted by atomic mass is 32.2. The number of ether oxygens (including phenoxy) is 3. The van der Waals surface area contributed by atoms with E-state index in [9.17, 15) is 4.79 Å². The second kappa shape index (κ2) is 9.59. The number of carbonyl (C=O) groups excluding carboxylic acids is 1. The topological polar surface area (TPSA) is 80.6 Å². The highest BCUT2D eigenvalue weighted by Crippen LogP contribution is 2.34. The molecule has 0 aliphatic carbocycles. The number of nitriles is 1. The number of methoxy groups -OCH3 is 3. The minimum absolute atomic E-state index is 0.220. The van der Waals surface area contributed by atoms with Crippen LogP contribution in [0, 0.1) is 11.3 Å². The number of hydrogen-bond acceptors (Lipinski definition) is 6. The number of amides is 1. The van der Waals surface area contributed by atoms with Crippen molar-refractivity contribution in [1.29, 1.82) is 5.26 Å². The molecule has 0 saturated heterocycles. The van der Waals surface area contributed by atoms with Gasteiger partial charge in [0.25, 0.3) is 5.91 Å². The molecule has 1 N–H and O–H groups in total. The molecule has 2 aromatic rings. The molecule has 0 spiro atoms. The van der Waals surface area contributed by atoms with Gasteiger partial charge in [-0.05, 0) is 18.2 Å². The Labute approximate surface area is 157 Å². The lowest BCUT2D eigenvalue weighted by atomic mass is 10.1. The Morgan fingerprint density at radius 3 is 2.38 bits per heavy atom. The zero-order valence-electron chi connectivity index (χ0n) is 14.9. The van der Waals surface area contributed by atoms with Gasteiger partial charge in [0, 0.05) is 23.1 Å². The van der Waals surface area contributed by atoms with E-state index < -0.39 is 0 Å². The lowest BCUT2D eigenvalue weighted by Crippen LogP contribution is -2.23. The molecule has 0 saturated carbocycles. The monoisotopic (exact) mass is 372 g/mol. The summed E-state index contributed by atoms with van der Waals surface area (Å²) in [5.41, 5.74) is 1.30. The van der Waals surface area contributed by atoms with E-state index >= 15 is 0 Å². The summed E-state index contributed by atoms with van der Waals surface area (Å²) in [4.78, 5) is 13.3. The van der Waals surface area contributed by atoms with Gasteiger partial charge < -0.3 is 19.5 Å². The normalized spacial score (nSPS) is 9.92. The van der Waals surface area contributed by atoms with Crippen molar-refractivity contribution in [2.45, 2.75) is 11.4 Å². The third-order valence-corrected chi connectivity index (χ3v) is 4.59. The molecule has 0 atom stereocenters. The fourth-order valence-corrected chi connectivity index (χ4v) is 3.10. The molecule has 0 bridgehead atoms. The van der Waals surface area contributed by atoms with Gasteiger partial charge >= 0.3 is 0 Å². The van der Waals surface area contributed by atoms with Crippen LogP contribution in [0.2, 0.25) is 0 Å². The third kappa shape index (κ3) is 4.61. The Bertz CT molecular complexity index is 818. The summed E-state index contributed by atoms with van der Waals surface area (Å²) in [6.07, 6.45) is 0. The summed E-state index contributed by atoms with van der Waals surface area (Å²) in [7, 11) is 4.66. The number of nitrogens with zero attached hydrogens (tertiary/aromatic N) is 1. The van der Waals surface area contributed by atoms with Gasteiger partial charge in [0.1, 0.15) is 5.75 Å². The van der Waals surface area contributed by atoms with E-state index in [0.29, 0.717) is 22.8 Å². The van der Waals surface area contributed by atoms with E-state index in [1.165, 1.54) is 11.8 Å². The lowest BCUT2D eigenvalue weighted by Gasteiger charge is -2.15. The maximum Gasteiger partial charge on any atom is 0.252 e. The summed E-state index contributed by atoms with van der Waals surface area (Å²) in [6, 6.07) is 12.8. The standard InChI is InChI=1S/C19H20N2O4S/c1-23-15-11-17(25-3)16(24-2)10-13(15)12-21-19(22)14-6-4-5-7-18(14)26-9-8-20/h4-7,10-11H,9,12H2,1-3H3,(H,21,22). The molecule has 0 fully saturated rings. The first-order valence-electron chi connectivity index (χ1n) is 7.80. The van der Waals surface area contributed by atoms with Gasteiger partial charge in [-0.25, -0.2) is 0 Å². The molecule has 1 amide bonds. The van der Waals surface area contributed by atoms with Gasteiger partial charge in [-0.1, -0.05) is 12.1 Å². The predicted octanol–water partition coefficient (Wildman–Crippen LogP) is 3.26. The number of thioether (sulfide) groups is 1. The van der Waals surface area contributed by atoms with Crippen LogP contribution in [-0.4, -0.2) is 33.0 Å². The van der Waals surface area contributed by atoms with Gasteiger partial charge in [0.2, 0.25) is 0 Å². The lowest BCUT2D eigenvalue weighted by molar-refractivity contribution is 0.0947. The highest BCUT2D eigenvalue weighted by Gasteiger charge is 2.15. The summed E-state index contributed by atoms with van der Waals surface area (Å²) < 4.78 is 15.9. The number of carbonyl (C=O) groups is 1. The fourth-order valence-electron chi connectivity index (χ4n) is 2.39. The second-order valence-corrected chi connectivity index (χ2v) is 6.16. The van der Waals surface area contributed by atoms with E-state index in [1.807, 2.05) is 12.1 Å². The van der Waals surface area contributed by atoms with Crippen LogP contribution >= 0.6 is 11.8 Å². The number of rotatable bonds is 8. The predicted molar refractivity (Wildman–Crippen MR) is 100 cm³/mol. The zero-order chi connectivity index (χ0) is 18.9. The van der Waals surface area contributed by atoms with Gasteiger partial charge in [-0.15, -0.1) is 11.8 Å². The van der Waals surface area contributed by atoms with Crippen LogP contribution in [0.5, 0.6) is 17.2 Å². The van der Waals surface area contributed by atoms with Crippen molar-refractivity contribution >= 4 is 17.7 Å². The quantitative estimate of drug-likeness (QED) is 0.717. The van der Waals surface area contributed by atoms with Crippen molar-refractivity contribution in [3.63, 3.8) is 0 Å². The first kappa shape index (κ1) is 19.5. The summed E-state index contributed by atoms with van der Waals surface area (Å²) in [6.45, 7) is 0.264. The molecule has 0 aromatic heterocycles. The molecule has 6 nitrogen and oxygen atoms in total. The van der Waals surface area contributed by atoms with Crippen molar-refractivity contribution in [2.24, 2.45) is 0 Å². The van der Waals surface area contributed by atoms with Crippen LogP contribution < -0.4 is 19.5 Å². The molecular formula is C19H20N2O4S. The van der Waals surface area contributed by atoms with Gasteiger partial charge in [0.15, 0.2) is 11.5 Å². The summed E-state index contributed by atoms with van der Waals surface area (Å²) in [5, 5.41) is 11.6. The molecule has 7 heteroatoms. The van der Waals surface area contributed by atoms with E-state index in [1.54, 1.807) is 45.6 Å². The van der Waals surface area contributed by atoms with Crippen LogP contribution in [0.15, 0.2) is 41.3 Å². The average molecular weight is 372 g/mol. The third-order valence-electron chi connectivity index (χ3n) is 3.65. The average Bonchev–Trinajstić information content (AvgIpc) is 2.69. The van der Waals surface area contributed by atoms with Crippen LogP contribution in [0.25, 0.3) is 0 Å². The smallest absolute Gasteiger partial charge is 0.252 e. The van der Waals surface area contributed by atoms with E-state index in [2.05, 4.69) is 11.4 Å². The van der Waals surface area contributed by atoms with Crippen LogP contribution in [-0.2, 0) is 6.54 Å². The molecule has 0 radical (unpaired) electrons. The second-order valence-electron chi connectivity index (χ2n) is 5.14. The molecule has 0 unspecified atom stereocenters. The molecule has 0 heterocycles. The molecule has 26 heavy (non-hydrogen) atoms. The van der Waals surface area contributed by atoms with Crippen molar-refractivity contribution in [2.75, 3.05) is 27.1 Å². The number of hydrogen-bond donors (Lipinski definition) is 1. The zero-order valence-corrected chi connectivity index (χ0v) is 15.7. The molecule has 0 aliphatic rings. The van der Waals surface area contributed by atoms with Crippen LogP contribution in [0.1, 0.15) is 15.9 Å². The van der Waals surface area contributed by atoms with Crippen molar-refractivity contribution < 1.29 is 19.0 Å². The maximum absolute atomic E-state index is 12.6. The Balaban J connectivity index is 2.19. The Morgan fingerprint density at radius 1 is 1.08 bits per heavy atom. The Kier molecular flexibility index (Phi) is 7.18.